The summed E-state index contributed by atoms with van der Waals surface area (Å²) < 4.78 is 40.7. The summed E-state index contributed by atoms with van der Waals surface area (Å²) in [6.45, 7) is 0.508. The van der Waals surface area contributed by atoms with Crippen molar-refractivity contribution in [3.63, 3.8) is 0 Å². The number of hydrogen-bond acceptors (Lipinski definition) is 2. The van der Waals surface area contributed by atoms with Gasteiger partial charge in [0.2, 0.25) is 5.91 Å². The van der Waals surface area contributed by atoms with Gasteiger partial charge < -0.3 is 10.2 Å². The van der Waals surface area contributed by atoms with Crippen LogP contribution in [0, 0.1) is 11.3 Å². The Bertz CT molecular complexity index is 402. The highest BCUT2D eigenvalue weighted by Crippen LogP contribution is 2.46. The lowest BCUT2D eigenvalue weighted by Crippen LogP contribution is -2.59. The quantitative estimate of drug-likeness (QED) is 0.808. The molecular weight excluding hydrogens is 281 g/mol. The van der Waals surface area contributed by atoms with Crippen LogP contribution < -0.4 is 5.32 Å². The van der Waals surface area contributed by atoms with Crippen LogP contribution in [0.5, 0.6) is 0 Å². The van der Waals surface area contributed by atoms with E-state index in [1.54, 1.807) is 4.90 Å². The first-order chi connectivity index (χ1) is 9.96. The Morgan fingerprint density at radius 1 is 1.14 bits per heavy atom. The molecule has 3 rings (SSSR count). The molecular formula is C15H23F3N2O. The zero-order valence-corrected chi connectivity index (χ0v) is 12.2. The van der Waals surface area contributed by atoms with Crippen LogP contribution in [0.4, 0.5) is 13.2 Å². The van der Waals surface area contributed by atoms with Gasteiger partial charge in [-0.05, 0) is 44.6 Å². The molecule has 1 saturated carbocycles. The number of likely N-dealkylation sites (tertiary alicyclic amines) is 1. The van der Waals surface area contributed by atoms with Crippen LogP contribution in [0.25, 0.3) is 0 Å². The molecule has 0 aromatic carbocycles. The van der Waals surface area contributed by atoms with Gasteiger partial charge in [0, 0.05) is 19.1 Å². The third-order valence-corrected chi connectivity index (χ3v) is 5.61. The van der Waals surface area contributed by atoms with Gasteiger partial charge in [-0.25, -0.2) is 0 Å². The Labute approximate surface area is 123 Å². The topological polar surface area (TPSA) is 32.3 Å². The SMILES string of the molecule is O=C(N1CCCC2CCCCC21)C1(C(F)(F)F)CCNC1. The van der Waals surface area contributed by atoms with E-state index in [1.807, 2.05) is 0 Å². The van der Waals surface area contributed by atoms with Crippen LogP contribution in [0.15, 0.2) is 0 Å². The Hall–Kier alpha value is -0.780. The number of hydrogen-bond donors (Lipinski definition) is 1. The second-order valence-electron chi connectivity index (χ2n) is 6.76. The van der Waals surface area contributed by atoms with E-state index in [0.717, 1.165) is 38.5 Å². The Balaban J connectivity index is 1.85. The number of nitrogens with one attached hydrogen (secondary N) is 1. The van der Waals surface area contributed by atoms with Crippen molar-refractivity contribution in [1.29, 1.82) is 0 Å². The fourth-order valence-electron chi connectivity index (χ4n) is 4.39. The smallest absolute Gasteiger partial charge is 0.339 e. The normalized spacial score (nSPS) is 37.4. The van der Waals surface area contributed by atoms with E-state index in [1.165, 1.54) is 0 Å². The largest absolute Gasteiger partial charge is 0.404 e. The van der Waals surface area contributed by atoms with Gasteiger partial charge in [-0.1, -0.05) is 12.8 Å². The fourth-order valence-corrected chi connectivity index (χ4v) is 4.39. The van der Waals surface area contributed by atoms with E-state index >= 15 is 0 Å². The van der Waals surface area contributed by atoms with E-state index in [-0.39, 0.29) is 25.6 Å². The van der Waals surface area contributed by atoms with Gasteiger partial charge in [-0.2, -0.15) is 13.2 Å². The zero-order chi connectivity index (χ0) is 15.1. The number of carbonyl (C=O) groups is 1. The average Bonchev–Trinajstić information content (AvgIpc) is 2.96. The van der Waals surface area contributed by atoms with Gasteiger partial charge in [0.25, 0.3) is 0 Å². The molecule has 2 aliphatic heterocycles. The van der Waals surface area contributed by atoms with E-state index in [2.05, 4.69) is 5.32 Å². The van der Waals surface area contributed by atoms with Gasteiger partial charge in [-0.15, -0.1) is 0 Å². The summed E-state index contributed by atoms with van der Waals surface area (Å²) in [5.74, 6) is -0.257. The van der Waals surface area contributed by atoms with Crippen molar-refractivity contribution in [2.24, 2.45) is 11.3 Å². The first-order valence-electron chi connectivity index (χ1n) is 8.04. The molecule has 0 aromatic rings. The monoisotopic (exact) mass is 304 g/mol. The fraction of sp³-hybridized carbons (Fsp3) is 0.933. The van der Waals surface area contributed by atoms with Crippen LogP contribution in [-0.2, 0) is 4.79 Å². The standard InChI is InChI=1S/C15H23F3N2O/c16-15(17,18)14(7-8-19-10-14)13(21)20-9-3-5-11-4-1-2-6-12(11)20/h11-12,19H,1-10H2. The lowest BCUT2D eigenvalue weighted by atomic mass is 9.76. The maximum Gasteiger partial charge on any atom is 0.404 e. The number of alkyl halides is 3. The van der Waals surface area contributed by atoms with E-state index in [9.17, 15) is 18.0 Å². The predicted octanol–water partition coefficient (Wildman–Crippen LogP) is 2.71. The molecule has 3 nitrogen and oxygen atoms in total. The summed E-state index contributed by atoms with van der Waals surface area (Å²) in [6, 6.07) is 0.0415. The molecule has 0 radical (unpaired) electrons. The molecule has 1 N–H and O–H groups in total. The summed E-state index contributed by atoms with van der Waals surface area (Å²) in [7, 11) is 0. The van der Waals surface area contributed by atoms with Crippen molar-refractivity contribution < 1.29 is 18.0 Å². The lowest BCUT2D eigenvalue weighted by molar-refractivity contribution is -0.224. The molecule has 120 valence electrons. The minimum absolute atomic E-state index is 0.0415. The number of carbonyl (C=O) groups excluding carboxylic acids is 1. The van der Waals surface area contributed by atoms with Crippen LogP contribution in [-0.4, -0.2) is 42.7 Å². The third-order valence-electron chi connectivity index (χ3n) is 5.61. The maximum atomic E-state index is 13.6. The molecule has 1 amide bonds. The molecule has 1 aliphatic carbocycles. The van der Waals surface area contributed by atoms with E-state index in [0.29, 0.717) is 12.5 Å². The predicted molar refractivity (Wildman–Crippen MR) is 72.7 cm³/mol. The van der Waals surface area contributed by atoms with Gasteiger partial charge in [0.1, 0.15) is 0 Å². The lowest BCUT2D eigenvalue weighted by Gasteiger charge is -2.47. The highest BCUT2D eigenvalue weighted by Gasteiger charge is 2.63. The van der Waals surface area contributed by atoms with Crippen molar-refractivity contribution in [2.45, 2.75) is 57.2 Å². The van der Waals surface area contributed by atoms with Gasteiger partial charge >= 0.3 is 6.18 Å². The van der Waals surface area contributed by atoms with E-state index < -0.39 is 17.5 Å². The Kier molecular flexibility index (Phi) is 3.93. The first-order valence-corrected chi connectivity index (χ1v) is 8.04. The molecule has 3 aliphatic rings. The summed E-state index contributed by atoms with van der Waals surface area (Å²) in [5, 5.41) is 2.74. The van der Waals surface area contributed by atoms with Crippen molar-refractivity contribution >= 4 is 5.91 Å². The van der Waals surface area contributed by atoms with Crippen LogP contribution >= 0.6 is 0 Å². The number of halogens is 3. The van der Waals surface area contributed by atoms with Crippen molar-refractivity contribution in [2.75, 3.05) is 19.6 Å². The summed E-state index contributed by atoms with van der Waals surface area (Å²) in [4.78, 5) is 14.4. The van der Waals surface area contributed by atoms with Crippen LogP contribution in [0.1, 0.15) is 44.9 Å². The second-order valence-corrected chi connectivity index (χ2v) is 6.76. The van der Waals surface area contributed by atoms with Crippen LogP contribution in [0.3, 0.4) is 0 Å². The van der Waals surface area contributed by atoms with Gasteiger partial charge in [0.05, 0.1) is 0 Å². The summed E-state index contributed by atoms with van der Waals surface area (Å²) in [6.07, 6.45) is 1.43. The van der Waals surface area contributed by atoms with Crippen LogP contribution in [0.2, 0.25) is 0 Å². The van der Waals surface area contributed by atoms with Crippen molar-refractivity contribution in [1.82, 2.24) is 10.2 Å². The molecule has 3 atom stereocenters. The first kappa shape index (κ1) is 15.1. The molecule has 0 spiro atoms. The van der Waals surface area contributed by atoms with Crippen molar-refractivity contribution in [3.05, 3.63) is 0 Å². The minimum atomic E-state index is -4.46. The molecule has 6 heteroatoms. The number of rotatable bonds is 1. The average molecular weight is 304 g/mol. The summed E-state index contributed by atoms with van der Waals surface area (Å²) in [5.41, 5.74) is -2.19. The van der Waals surface area contributed by atoms with E-state index in [4.69, 9.17) is 0 Å². The maximum absolute atomic E-state index is 13.6. The third kappa shape index (κ3) is 2.45. The Morgan fingerprint density at radius 3 is 2.52 bits per heavy atom. The highest BCUT2D eigenvalue weighted by molar-refractivity contribution is 5.85. The molecule has 0 bridgehead atoms. The van der Waals surface area contributed by atoms with Crippen molar-refractivity contribution in [3.8, 4) is 0 Å². The highest BCUT2D eigenvalue weighted by atomic mass is 19.4. The molecule has 21 heavy (non-hydrogen) atoms. The second kappa shape index (κ2) is 5.45. The summed E-state index contributed by atoms with van der Waals surface area (Å²) >= 11 is 0. The van der Waals surface area contributed by atoms with Gasteiger partial charge in [-0.3, -0.25) is 4.79 Å². The zero-order valence-electron chi connectivity index (χ0n) is 12.2. The molecule has 0 aromatic heterocycles. The number of piperidine rings is 1. The molecule has 3 fully saturated rings. The molecule has 2 saturated heterocycles. The minimum Gasteiger partial charge on any atom is -0.339 e. The number of nitrogens with zero attached hydrogens (tertiary/aromatic N) is 1. The van der Waals surface area contributed by atoms with Gasteiger partial charge in [0.15, 0.2) is 5.41 Å². The molecule has 2 heterocycles. The number of amides is 1. The Morgan fingerprint density at radius 2 is 1.86 bits per heavy atom. The molecule has 3 unspecified atom stereocenters. The number of fused-ring (bicyclic) bond motifs is 1.